The lowest BCUT2D eigenvalue weighted by atomic mass is 9.75. The number of benzene rings is 1. The molecule has 3 nitrogen and oxygen atoms in total. The fraction of sp³-hybridized carbons (Fsp3) is 0.611. The number of hydrogen-bond acceptors (Lipinski definition) is 2. The Kier molecular flexibility index (Phi) is 4.29. The Hall–Kier alpha value is -1.35. The van der Waals surface area contributed by atoms with Crippen molar-refractivity contribution in [1.29, 1.82) is 0 Å². The lowest BCUT2D eigenvalue weighted by molar-refractivity contribution is -0.126. The van der Waals surface area contributed by atoms with Crippen LogP contribution in [-0.4, -0.2) is 11.9 Å². The fourth-order valence-corrected chi connectivity index (χ4v) is 3.15. The van der Waals surface area contributed by atoms with E-state index in [2.05, 4.69) is 29.7 Å². The zero-order valence-corrected chi connectivity index (χ0v) is 13.0. The van der Waals surface area contributed by atoms with Gasteiger partial charge in [-0.05, 0) is 43.4 Å². The maximum Gasteiger partial charge on any atom is 0.230 e. The molecule has 0 bridgehead atoms. The fourth-order valence-electron chi connectivity index (χ4n) is 3.15. The van der Waals surface area contributed by atoms with Crippen LogP contribution in [0.4, 0.5) is 5.69 Å². The summed E-state index contributed by atoms with van der Waals surface area (Å²) in [4.78, 5) is 12.5. The normalized spacial score (nSPS) is 21.0. The predicted octanol–water partition coefficient (Wildman–Crippen LogP) is 3.85. The molecule has 3 heteroatoms. The maximum absolute atomic E-state index is 12.5. The van der Waals surface area contributed by atoms with E-state index in [-0.39, 0.29) is 11.3 Å². The van der Waals surface area contributed by atoms with Gasteiger partial charge >= 0.3 is 0 Å². The summed E-state index contributed by atoms with van der Waals surface area (Å²) >= 11 is 0. The first-order valence-corrected chi connectivity index (χ1v) is 8.29. The highest BCUT2D eigenvalue weighted by atomic mass is 16.2. The van der Waals surface area contributed by atoms with Crippen molar-refractivity contribution >= 4 is 11.6 Å². The van der Waals surface area contributed by atoms with Gasteiger partial charge in [0.25, 0.3) is 0 Å². The van der Waals surface area contributed by atoms with Gasteiger partial charge in [0.05, 0.1) is 0 Å². The van der Waals surface area contributed by atoms with Crippen molar-refractivity contribution in [3.8, 4) is 0 Å². The van der Waals surface area contributed by atoms with Crippen molar-refractivity contribution in [2.75, 3.05) is 5.32 Å². The van der Waals surface area contributed by atoms with Gasteiger partial charge in [-0.3, -0.25) is 4.79 Å². The number of rotatable bonds is 5. The van der Waals surface area contributed by atoms with Crippen LogP contribution in [0.3, 0.4) is 0 Å². The largest absolute Gasteiger partial charge is 0.326 e. The van der Waals surface area contributed by atoms with Crippen molar-refractivity contribution in [3.05, 3.63) is 29.8 Å². The molecule has 114 valence electrons. The third-order valence-corrected chi connectivity index (χ3v) is 4.86. The summed E-state index contributed by atoms with van der Waals surface area (Å²) in [5.74, 6) is 0.189. The van der Waals surface area contributed by atoms with Gasteiger partial charge in [0.1, 0.15) is 0 Å². The first kappa shape index (κ1) is 14.6. The van der Waals surface area contributed by atoms with Gasteiger partial charge in [-0.2, -0.15) is 0 Å². The topological polar surface area (TPSA) is 41.1 Å². The highest BCUT2D eigenvalue weighted by Gasteiger charge is 2.34. The number of amides is 1. The molecule has 2 aliphatic carbocycles. The molecule has 2 N–H and O–H groups in total. The van der Waals surface area contributed by atoms with E-state index in [0.717, 1.165) is 25.1 Å². The second kappa shape index (κ2) is 6.18. The van der Waals surface area contributed by atoms with Crippen molar-refractivity contribution in [3.63, 3.8) is 0 Å². The second-order valence-corrected chi connectivity index (χ2v) is 6.93. The molecule has 3 rings (SSSR count). The molecule has 0 spiro atoms. The maximum atomic E-state index is 12.5. The molecule has 21 heavy (non-hydrogen) atoms. The molecule has 2 fully saturated rings. The molecule has 0 aliphatic heterocycles. The number of carbonyl (C=O) groups is 1. The standard InChI is InChI=1S/C18H26N2O/c1-18(10-3-2-4-11-18)17(21)20-16-7-5-6-14(12-16)13-19-15-8-9-15/h5-7,12,15,19H,2-4,8-11,13H2,1H3,(H,20,21). The molecular formula is C18H26N2O. The van der Waals surface area contributed by atoms with Gasteiger partial charge < -0.3 is 10.6 Å². The van der Waals surface area contributed by atoms with Crippen LogP contribution in [0.25, 0.3) is 0 Å². The Bertz CT molecular complexity index is 502. The SMILES string of the molecule is CC1(C(=O)Nc2cccc(CNC3CC3)c2)CCCCC1. The van der Waals surface area contributed by atoms with E-state index in [0.29, 0.717) is 6.04 Å². The predicted molar refractivity (Wildman–Crippen MR) is 86.1 cm³/mol. The number of hydrogen-bond donors (Lipinski definition) is 2. The van der Waals surface area contributed by atoms with E-state index < -0.39 is 0 Å². The van der Waals surface area contributed by atoms with Crippen LogP contribution >= 0.6 is 0 Å². The molecule has 2 saturated carbocycles. The van der Waals surface area contributed by atoms with Gasteiger partial charge in [0.2, 0.25) is 5.91 Å². The summed E-state index contributed by atoms with van der Waals surface area (Å²) in [5.41, 5.74) is 2.00. The first-order valence-electron chi connectivity index (χ1n) is 8.29. The van der Waals surface area contributed by atoms with E-state index in [9.17, 15) is 4.79 Å². The zero-order chi connectivity index (χ0) is 14.7. The Balaban J connectivity index is 1.60. The highest BCUT2D eigenvalue weighted by Crippen LogP contribution is 2.36. The average Bonchev–Trinajstić information content (AvgIpc) is 3.30. The summed E-state index contributed by atoms with van der Waals surface area (Å²) in [7, 11) is 0. The van der Waals surface area contributed by atoms with Gasteiger partial charge in [-0.25, -0.2) is 0 Å². The molecule has 0 atom stereocenters. The minimum absolute atomic E-state index is 0.180. The average molecular weight is 286 g/mol. The second-order valence-electron chi connectivity index (χ2n) is 6.93. The van der Waals surface area contributed by atoms with Crippen LogP contribution in [-0.2, 0) is 11.3 Å². The van der Waals surface area contributed by atoms with Crippen molar-refractivity contribution < 1.29 is 4.79 Å². The Morgan fingerprint density at radius 3 is 2.71 bits per heavy atom. The van der Waals surface area contributed by atoms with E-state index >= 15 is 0 Å². The smallest absolute Gasteiger partial charge is 0.230 e. The van der Waals surface area contributed by atoms with E-state index in [4.69, 9.17) is 0 Å². The zero-order valence-electron chi connectivity index (χ0n) is 13.0. The summed E-state index contributed by atoms with van der Waals surface area (Å²) in [6.07, 6.45) is 8.25. The third kappa shape index (κ3) is 3.85. The van der Waals surface area contributed by atoms with Crippen molar-refractivity contribution in [2.24, 2.45) is 5.41 Å². The van der Waals surface area contributed by atoms with E-state index in [1.807, 2.05) is 12.1 Å². The Morgan fingerprint density at radius 2 is 2.00 bits per heavy atom. The minimum Gasteiger partial charge on any atom is -0.326 e. The molecule has 1 aromatic rings. The molecular weight excluding hydrogens is 260 g/mol. The highest BCUT2D eigenvalue weighted by molar-refractivity contribution is 5.95. The minimum atomic E-state index is -0.180. The Labute approximate surface area is 127 Å². The monoisotopic (exact) mass is 286 g/mol. The number of anilines is 1. The number of carbonyl (C=O) groups excluding carboxylic acids is 1. The summed E-state index contributed by atoms with van der Waals surface area (Å²) in [5, 5.41) is 6.64. The van der Waals surface area contributed by atoms with Crippen molar-refractivity contribution in [1.82, 2.24) is 5.32 Å². The molecule has 0 radical (unpaired) electrons. The molecule has 0 aromatic heterocycles. The number of nitrogens with one attached hydrogen (secondary N) is 2. The van der Waals surface area contributed by atoms with Gasteiger partial charge in [0, 0.05) is 23.7 Å². The van der Waals surface area contributed by atoms with Crippen LogP contribution in [0, 0.1) is 5.41 Å². The summed E-state index contributed by atoms with van der Waals surface area (Å²) in [6, 6.07) is 8.95. The van der Waals surface area contributed by atoms with Crippen molar-refractivity contribution in [2.45, 2.75) is 64.5 Å². The van der Waals surface area contributed by atoms with Gasteiger partial charge in [-0.15, -0.1) is 0 Å². The molecule has 1 aromatic carbocycles. The lowest BCUT2D eigenvalue weighted by Gasteiger charge is -2.32. The van der Waals surface area contributed by atoms with Crippen LogP contribution in [0.2, 0.25) is 0 Å². The van der Waals surface area contributed by atoms with Crippen LogP contribution in [0.1, 0.15) is 57.4 Å². The lowest BCUT2D eigenvalue weighted by Crippen LogP contribution is -2.35. The quantitative estimate of drug-likeness (QED) is 0.863. The summed E-state index contributed by atoms with van der Waals surface area (Å²) in [6.45, 7) is 3.01. The Morgan fingerprint density at radius 1 is 1.24 bits per heavy atom. The van der Waals surface area contributed by atoms with Gasteiger partial charge in [0.15, 0.2) is 0 Å². The van der Waals surface area contributed by atoms with Crippen LogP contribution in [0.15, 0.2) is 24.3 Å². The van der Waals surface area contributed by atoms with E-state index in [1.54, 1.807) is 0 Å². The first-order chi connectivity index (χ1) is 10.2. The van der Waals surface area contributed by atoms with E-state index in [1.165, 1.54) is 37.7 Å². The molecule has 1 amide bonds. The molecule has 0 unspecified atom stereocenters. The molecule has 0 saturated heterocycles. The molecule has 0 heterocycles. The third-order valence-electron chi connectivity index (χ3n) is 4.86. The molecule has 2 aliphatic rings. The van der Waals surface area contributed by atoms with Crippen LogP contribution < -0.4 is 10.6 Å². The summed E-state index contributed by atoms with van der Waals surface area (Å²) < 4.78 is 0. The van der Waals surface area contributed by atoms with Crippen LogP contribution in [0.5, 0.6) is 0 Å². The van der Waals surface area contributed by atoms with Gasteiger partial charge in [-0.1, -0.05) is 38.3 Å².